The Bertz CT molecular complexity index is 1200. The van der Waals surface area contributed by atoms with Crippen LogP contribution in [0.5, 0.6) is 6.01 Å². The molecule has 0 saturated heterocycles. The lowest BCUT2D eigenvalue weighted by Crippen LogP contribution is -2.50. The number of benzene rings is 1. The first-order valence-electron chi connectivity index (χ1n) is 11.1. The predicted octanol–water partition coefficient (Wildman–Crippen LogP) is 3.62. The Balaban J connectivity index is 1.37. The summed E-state index contributed by atoms with van der Waals surface area (Å²) < 4.78 is 47.6. The molecular formula is C24H28FN5O3S. The molecule has 0 spiro atoms. The van der Waals surface area contributed by atoms with Crippen LogP contribution in [0.15, 0.2) is 65.8 Å². The van der Waals surface area contributed by atoms with E-state index in [0.29, 0.717) is 36.9 Å². The molecule has 0 amide bonds. The molecule has 180 valence electrons. The molecule has 0 unspecified atom stereocenters. The number of aromatic nitrogens is 3. The number of hydrogen-bond donors (Lipinski definition) is 2. The maximum absolute atomic E-state index is 13.7. The number of anilines is 1. The second-order valence-corrected chi connectivity index (χ2v) is 10.5. The number of hydrogen-bond acceptors (Lipinski definition) is 7. The topological polar surface area (TPSA) is 106 Å². The van der Waals surface area contributed by atoms with Gasteiger partial charge in [0, 0.05) is 24.4 Å². The second-order valence-electron chi connectivity index (χ2n) is 8.71. The van der Waals surface area contributed by atoms with Crippen LogP contribution in [0.2, 0.25) is 0 Å². The van der Waals surface area contributed by atoms with Crippen molar-refractivity contribution in [1.29, 1.82) is 0 Å². The Labute approximate surface area is 199 Å². The first-order chi connectivity index (χ1) is 16.3. The molecule has 10 heteroatoms. The predicted molar refractivity (Wildman–Crippen MR) is 127 cm³/mol. The van der Waals surface area contributed by atoms with Gasteiger partial charge in [-0.2, -0.15) is 4.98 Å². The highest BCUT2D eigenvalue weighted by atomic mass is 32.2. The van der Waals surface area contributed by atoms with Gasteiger partial charge < -0.3 is 10.1 Å². The SMILES string of the molecule is CC(C)Oc1nccc(CNc2ccc(S(=O)(=O)NCC3(c4ccccc4)CC(F)C3)cn2)n1. The molecule has 0 bridgehead atoms. The van der Waals surface area contributed by atoms with Gasteiger partial charge >= 0.3 is 6.01 Å². The Hall–Kier alpha value is -3.11. The van der Waals surface area contributed by atoms with Gasteiger partial charge in [0.1, 0.15) is 16.9 Å². The molecule has 34 heavy (non-hydrogen) atoms. The number of nitrogens with one attached hydrogen (secondary N) is 2. The number of pyridine rings is 1. The lowest BCUT2D eigenvalue weighted by Gasteiger charge is -2.44. The Morgan fingerprint density at radius 1 is 1.12 bits per heavy atom. The largest absolute Gasteiger partial charge is 0.461 e. The van der Waals surface area contributed by atoms with E-state index in [2.05, 4.69) is 25.0 Å². The van der Waals surface area contributed by atoms with E-state index in [1.165, 1.54) is 12.3 Å². The van der Waals surface area contributed by atoms with Crippen molar-refractivity contribution in [2.45, 2.75) is 55.8 Å². The van der Waals surface area contributed by atoms with Crippen LogP contribution in [0.4, 0.5) is 10.2 Å². The van der Waals surface area contributed by atoms with Crippen molar-refractivity contribution in [2.24, 2.45) is 0 Å². The van der Waals surface area contributed by atoms with Gasteiger partial charge in [-0.05, 0) is 50.5 Å². The fourth-order valence-corrected chi connectivity index (χ4v) is 5.02. The van der Waals surface area contributed by atoms with E-state index in [4.69, 9.17) is 4.74 Å². The van der Waals surface area contributed by atoms with E-state index in [1.54, 1.807) is 18.3 Å². The van der Waals surface area contributed by atoms with E-state index in [1.807, 2.05) is 44.2 Å². The highest BCUT2D eigenvalue weighted by Crippen LogP contribution is 2.45. The van der Waals surface area contributed by atoms with E-state index in [0.717, 1.165) is 5.56 Å². The molecule has 3 aromatic rings. The van der Waals surface area contributed by atoms with Crippen molar-refractivity contribution in [1.82, 2.24) is 19.7 Å². The van der Waals surface area contributed by atoms with Crippen LogP contribution in [-0.2, 0) is 22.0 Å². The number of sulfonamides is 1. The molecule has 4 rings (SSSR count). The molecule has 1 aliphatic carbocycles. The van der Waals surface area contributed by atoms with Crippen LogP contribution in [0.25, 0.3) is 0 Å². The summed E-state index contributed by atoms with van der Waals surface area (Å²) in [6, 6.07) is 14.6. The second kappa shape index (κ2) is 10.0. The smallest absolute Gasteiger partial charge is 0.316 e. The van der Waals surface area contributed by atoms with Gasteiger partial charge in [-0.25, -0.2) is 27.5 Å². The normalized spacial score (nSPS) is 20.1. The summed E-state index contributed by atoms with van der Waals surface area (Å²) in [6.07, 6.45) is 2.57. The van der Waals surface area contributed by atoms with Crippen molar-refractivity contribution in [3.63, 3.8) is 0 Å². The molecule has 0 radical (unpaired) electrons. The molecule has 2 aromatic heterocycles. The number of halogens is 1. The first kappa shape index (κ1) is 24.0. The summed E-state index contributed by atoms with van der Waals surface area (Å²) >= 11 is 0. The molecule has 1 aliphatic rings. The lowest BCUT2D eigenvalue weighted by atomic mass is 9.63. The average molecular weight is 486 g/mol. The molecule has 8 nitrogen and oxygen atoms in total. The van der Waals surface area contributed by atoms with Gasteiger partial charge in [-0.3, -0.25) is 0 Å². The maximum Gasteiger partial charge on any atom is 0.316 e. The number of nitrogens with zero attached hydrogens (tertiary/aromatic N) is 3. The molecule has 2 N–H and O–H groups in total. The van der Waals surface area contributed by atoms with E-state index < -0.39 is 21.6 Å². The minimum absolute atomic E-state index is 0.0294. The summed E-state index contributed by atoms with van der Waals surface area (Å²) in [7, 11) is -3.80. The van der Waals surface area contributed by atoms with E-state index in [-0.39, 0.29) is 17.5 Å². The highest BCUT2D eigenvalue weighted by Gasteiger charge is 2.46. The zero-order chi connectivity index (χ0) is 24.2. The fourth-order valence-electron chi connectivity index (χ4n) is 3.95. The van der Waals surface area contributed by atoms with Gasteiger partial charge in [0.15, 0.2) is 0 Å². The summed E-state index contributed by atoms with van der Waals surface area (Å²) in [4.78, 5) is 12.7. The van der Waals surface area contributed by atoms with Gasteiger partial charge in [-0.15, -0.1) is 0 Å². The van der Waals surface area contributed by atoms with Gasteiger partial charge in [0.2, 0.25) is 10.0 Å². The summed E-state index contributed by atoms with van der Waals surface area (Å²) in [5.41, 5.74) is 1.12. The molecule has 0 aliphatic heterocycles. The third-order valence-corrected chi connectivity index (χ3v) is 7.13. The van der Waals surface area contributed by atoms with Crippen LogP contribution in [0.3, 0.4) is 0 Å². The minimum Gasteiger partial charge on any atom is -0.461 e. The van der Waals surface area contributed by atoms with Crippen LogP contribution in [0.1, 0.15) is 37.9 Å². The zero-order valence-corrected chi connectivity index (χ0v) is 19.9. The van der Waals surface area contributed by atoms with E-state index in [9.17, 15) is 12.8 Å². The third kappa shape index (κ3) is 5.68. The lowest BCUT2D eigenvalue weighted by molar-refractivity contribution is 0.0967. The van der Waals surface area contributed by atoms with E-state index >= 15 is 0 Å². The van der Waals surface area contributed by atoms with Gasteiger partial charge in [0.25, 0.3) is 0 Å². The Kier molecular flexibility index (Phi) is 7.08. The van der Waals surface area contributed by atoms with Crippen LogP contribution >= 0.6 is 0 Å². The van der Waals surface area contributed by atoms with Gasteiger partial charge in [-0.1, -0.05) is 30.3 Å². The third-order valence-electron chi connectivity index (χ3n) is 5.74. The van der Waals surface area contributed by atoms with Crippen LogP contribution in [-0.4, -0.2) is 42.2 Å². The Morgan fingerprint density at radius 3 is 2.53 bits per heavy atom. The molecule has 0 atom stereocenters. The van der Waals surface area contributed by atoms with Crippen molar-refractivity contribution in [3.05, 3.63) is 72.2 Å². The average Bonchev–Trinajstić information content (AvgIpc) is 2.80. The maximum atomic E-state index is 13.7. The molecular weight excluding hydrogens is 457 g/mol. The molecule has 1 saturated carbocycles. The first-order valence-corrected chi connectivity index (χ1v) is 12.6. The van der Waals surface area contributed by atoms with Crippen molar-refractivity contribution in [3.8, 4) is 6.01 Å². The fraction of sp³-hybridized carbons (Fsp3) is 0.375. The standard InChI is InChI=1S/C24H28FN5O3S/c1-17(2)33-23-26-11-10-20(30-23)14-27-22-9-8-21(15-28-22)34(31,32)29-16-24(12-19(25)13-24)18-6-4-3-5-7-18/h3-11,15,17,19,29H,12-14,16H2,1-2H3,(H,27,28). The summed E-state index contributed by atoms with van der Waals surface area (Å²) in [6.45, 7) is 4.30. The highest BCUT2D eigenvalue weighted by molar-refractivity contribution is 7.89. The molecule has 1 fully saturated rings. The minimum atomic E-state index is -3.80. The van der Waals surface area contributed by atoms with Crippen molar-refractivity contribution in [2.75, 3.05) is 11.9 Å². The summed E-state index contributed by atoms with van der Waals surface area (Å²) in [5.74, 6) is 0.504. The van der Waals surface area contributed by atoms with Crippen LogP contribution < -0.4 is 14.8 Å². The number of rotatable bonds is 10. The Morgan fingerprint density at radius 2 is 1.88 bits per heavy atom. The van der Waals surface area contributed by atoms with Gasteiger partial charge in [0.05, 0.1) is 18.3 Å². The number of alkyl halides is 1. The summed E-state index contributed by atoms with van der Waals surface area (Å²) in [5, 5.41) is 3.11. The monoisotopic (exact) mass is 485 g/mol. The zero-order valence-electron chi connectivity index (χ0n) is 19.1. The van der Waals surface area contributed by atoms with Crippen molar-refractivity contribution < 1.29 is 17.5 Å². The van der Waals surface area contributed by atoms with Crippen molar-refractivity contribution >= 4 is 15.8 Å². The molecule has 2 heterocycles. The number of ether oxygens (including phenoxy) is 1. The quantitative estimate of drug-likeness (QED) is 0.452. The van der Waals surface area contributed by atoms with Crippen LogP contribution in [0, 0.1) is 0 Å². The molecule has 1 aromatic carbocycles.